The maximum absolute atomic E-state index is 2.75. The lowest BCUT2D eigenvalue weighted by atomic mass is 9.46. The van der Waals surface area contributed by atoms with E-state index in [0.29, 0.717) is 10.8 Å². The summed E-state index contributed by atoms with van der Waals surface area (Å²) in [6, 6.07) is 0. The predicted molar refractivity (Wildman–Crippen MR) is 122 cm³/mol. The summed E-state index contributed by atoms with van der Waals surface area (Å²) < 4.78 is 0. The zero-order valence-electron chi connectivity index (χ0n) is 19.9. The molecule has 0 spiro atoms. The zero-order chi connectivity index (χ0) is 20.1. The van der Waals surface area contributed by atoms with E-state index < -0.39 is 0 Å². The SMILES string of the molecule is CC(C)CCCC(C)C1CCC2C3CC=C4C[C@@H](C)CC[C@]4(C)C3CC[C@]12C. The quantitative estimate of drug-likeness (QED) is 0.416. The average Bonchev–Trinajstić information content (AvgIpc) is 2.99. The van der Waals surface area contributed by atoms with E-state index in [1.807, 2.05) is 5.57 Å². The van der Waals surface area contributed by atoms with E-state index in [1.54, 1.807) is 0 Å². The Hall–Kier alpha value is -0.260. The third-order valence-corrected chi connectivity index (χ3v) is 10.6. The monoisotopic (exact) mass is 384 g/mol. The molecule has 4 rings (SSSR count). The minimum atomic E-state index is 0.553. The van der Waals surface area contributed by atoms with Crippen LogP contribution in [0, 0.1) is 52.3 Å². The van der Waals surface area contributed by atoms with E-state index in [-0.39, 0.29) is 0 Å². The highest BCUT2D eigenvalue weighted by Crippen LogP contribution is 2.67. The van der Waals surface area contributed by atoms with Gasteiger partial charge in [0.15, 0.2) is 0 Å². The maximum atomic E-state index is 2.75. The zero-order valence-corrected chi connectivity index (χ0v) is 19.9. The van der Waals surface area contributed by atoms with Gasteiger partial charge in [-0.15, -0.1) is 0 Å². The topological polar surface area (TPSA) is 0 Å². The second-order valence-electron chi connectivity index (χ2n) is 12.6. The van der Waals surface area contributed by atoms with Crippen molar-refractivity contribution < 1.29 is 0 Å². The molecule has 5 unspecified atom stereocenters. The Morgan fingerprint density at radius 3 is 2.50 bits per heavy atom. The number of hydrogen-bond acceptors (Lipinski definition) is 0. The standard InChI is InChI=1S/C28H48/c1-19(2)8-7-9-21(4)24-12-13-25-23-11-10-22-18-20(3)14-16-27(22,5)26(23)15-17-28(24,25)6/h10,19-21,23-26H,7-9,11-18H2,1-6H3/t20-,21?,23?,24?,25?,26?,27-,28+/m0/s1. The van der Waals surface area contributed by atoms with Crippen LogP contribution in [0.1, 0.15) is 112 Å². The molecule has 3 saturated carbocycles. The van der Waals surface area contributed by atoms with Gasteiger partial charge in [0.1, 0.15) is 0 Å². The molecule has 0 aromatic rings. The molecule has 0 aromatic heterocycles. The smallest absolute Gasteiger partial charge is 0.00851 e. The molecular weight excluding hydrogens is 336 g/mol. The molecule has 0 heterocycles. The summed E-state index contributed by atoms with van der Waals surface area (Å²) in [7, 11) is 0. The first-order chi connectivity index (χ1) is 13.3. The first-order valence-corrected chi connectivity index (χ1v) is 12.9. The fraction of sp³-hybridized carbons (Fsp3) is 0.929. The van der Waals surface area contributed by atoms with E-state index in [2.05, 4.69) is 47.6 Å². The van der Waals surface area contributed by atoms with Gasteiger partial charge in [-0.05, 0) is 104 Å². The Balaban J connectivity index is 1.49. The number of fused-ring (bicyclic) bond motifs is 5. The number of allylic oxidation sites excluding steroid dienone is 2. The Morgan fingerprint density at radius 2 is 1.75 bits per heavy atom. The Morgan fingerprint density at radius 1 is 0.964 bits per heavy atom. The van der Waals surface area contributed by atoms with Crippen molar-refractivity contribution in [3.8, 4) is 0 Å². The van der Waals surface area contributed by atoms with Gasteiger partial charge >= 0.3 is 0 Å². The van der Waals surface area contributed by atoms with Gasteiger partial charge in [0, 0.05) is 0 Å². The second-order valence-corrected chi connectivity index (χ2v) is 12.6. The van der Waals surface area contributed by atoms with Gasteiger partial charge in [-0.2, -0.15) is 0 Å². The van der Waals surface area contributed by atoms with Crippen LogP contribution in [0.25, 0.3) is 0 Å². The maximum Gasteiger partial charge on any atom is -0.00851 e. The van der Waals surface area contributed by atoms with Crippen molar-refractivity contribution in [1.29, 1.82) is 0 Å². The van der Waals surface area contributed by atoms with Crippen LogP contribution in [0.15, 0.2) is 11.6 Å². The number of rotatable bonds is 5. The highest BCUT2D eigenvalue weighted by atomic mass is 14.6. The second kappa shape index (κ2) is 7.77. The predicted octanol–water partition coefficient (Wildman–Crippen LogP) is 8.66. The van der Waals surface area contributed by atoms with E-state index in [4.69, 9.17) is 0 Å². The first-order valence-electron chi connectivity index (χ1n) is 12.9. The summed E-state index contributed by atoms with van der Waals surface area (Å²) in [6.07, 6.45) is 19.0. The van der Waals surface area contributed by atoms with Gasteiger partial charge in [-0.25, -0.2) is 0 Å². The molecule has 0 aromatic carbocycles. The van der Waals surface area contributed by atoms with Crippen molar-refractivity contribution in [3.63, 3.8) is 0 Å². The molecule has 28 heavy (non-hydrogen) atoms. The Labute approximate surface area is 176 Å². The largest absolute Gasteiger partial charge is 0.0845 e. The molecule has 4 aliphatic carbocycles. The third kappa shape index (κ3) is 3.43. The van der Waals surface area contributed by atoms with E-state index >= 15 is 0 Å². The van der Waals surface area contributed by atoms with Crippen molar-refractivity contribution in [2.24, 2.45) is 52.3 Å². The van der Waals surface area contributed by atoms with E-state index in [9.17, 15) is 0 Å². The minimum absolute atomic E-state index is 0.553. The molecule has 0 bridgehead atoms. The van der Waals surface area contributed by atoms with Crippen molar-refractivity contribution in [3.05, 3.63) is 11.6 Å². The molecule has 3 fully saturated rings. The van der Waals surface area contributed by atoms with Crippen molar-refractivity contribution in [1.82, 2.24) is 0 Å². The van der Waals surface area contributed by atoms with Crippen molar-refractivity contribution in [2.75, 3.05) is 0 Å². The molecule has 0 N–H and O–H groups in total. The fourth-order valence-electron chi connectivity index (χ4n) is 8.87. The minimum Gasteiger partial charge on any atom is -0.0845 e. The highest BCUT2D eigenvalue weighted by Gasteiger charge is 2.58. The lowest BCUT2D eigenvalue weighted by molar-refractivity contribution is -0.0523. The summed E-state index contributed by atoms with van der Waals surface area (Å²) >= 11 is 0. The van der Waals surface area contributed by atoms with Crippen LogP contribution in [0.3, 0.4) is 0 Å². The van der Waals surface area contributed by atoms with Crippen LogP contribution >= 0.6 is 0 Å². The van der Waals surface area contributed by atoms with Crippen LogP contribution in [0.2, 0.25) is 0 Å². The Bertz CT molecular complexity index is 585. The van der Waals surface area contributed by atoms with Crippen LogP contribution in [-0.4, -0.2) is 0 Å². The van der Waals surface area contributed by atoms with Gasteiger partial charge in [0.2, 0.25) is 0 Å². The van der Waals surface area contributed by atoms with E-state index in [1.165, 1.54) is 70.6 Å². The average molecular weight is 385 g/mol. The van der Waals surface area contributed by atoms with Gasteiger partial charge in [0.05, 0.1) is 0 Å². The summed E-state index contributed by atoms with van der Waals surface area (Å²) in [4.78, 5) is 0. The molecule has 4 aliphatic rings. The summed E-state index contributed by atoms with van der Waals surface area (Å²) in [6.45, 7) is 15.3. The van der Waals surface area contributed by atoms with Gasteiger partial charge in [-0.1, -0.05) is 72.5 Å². The van der Waals surface area contributed by atoms with Gasteiger partial charge in [-0.3, -0.25) is 0 Å². The van der Waals surface area contributed by atoms with Gasteiger partial charge in [0.25, 0.3) is 0 Å². The fourth-order valence-corrected chi connectivity index (χ4v) is 8.87. The summed E-state index contributed by atoms with van der Waals surface area (Å²) in [5, 5.41) is 0. The van der Waals surface area contributed by atoms with Gasteiger partial charge < -0.3 is 0 Å². The highest BCUT2D eigenvalue weighted by molar-refractivity contribution is 5.25. The molecule has 0 heteroatoms. The molecule has 0 saturated heterocycles. The normalized spacial score (nSPS) is 46.5. The first kappa shape index (κ1) is 21.0. The molecule has 0 aliphatic heterocycles. The summed E-state index contributed by atoms with van der Waals surface area (Å²) in [5.74, 6) is 6.73. The molecule has 0 amide bonds. The molecule has 8 atom stereocenters. The van der Waals surface area contributed by atoms with Crippen LogP contribution < -0.4 is 0 Å². The summed E-state index contributed by atoms with van der Waals surface area (Å²) in [5.41, 5.74) is 3.06. The molecule has 0 radical (unpaired) electrons. The Kier molecular flexibility index (Phi) is 5.83. The molecular formula is C28H48. The number of hydrogen-bond donors (Lipinski definition) is 0. The van der Waals surface area contributed by atoms with E-state index in [0.717, 1.165) is 41.4 Å². The van der Waals surface area contributed by atoms with Crippen molar-refractivity contribution >= 4 is 0 Å². The molecule has 0 nitrogen and oxygen atoms in total. The van der Waals surface area contributed by atoms with Crippen LogP contribution in [0.4, 0.5) is 0 Å². The lowest BCUT2D eigenvalue weighted by Crippen LogP contribution is -2.50. The lowest BCUT2D eigenvalue weighted by Gasteiger charge is -2.58. The third-order valence-electron chi connectivity index (χ3n) is 10.6. The van der Waals surface area contributed by atoms with Crippen molar-refractivity contribution in [2.45, 2.75) is 112 Å². The van der Waals surface area contributed by atoms with Crippen LogP contribution in [-0.2, 0) is 0 Å². The van der Waals surface area contributed by atoms with Crippen LogP contribution in [0.5, 0.6) is 0 Å². The molecule has 160 valence electrons.